The second-order valence-corrected chi connectivity index (χ2v) is 28.9. The van der Waals surface area contributed by atoms with Crippen molar-refractivity contribution in [1.82, 2.24) is 29.9 Å². The van der Waals surface area contributed by atoms with Crippen LogP contribution < -0.4 is 0 Å². The molecule has 108 heavy (non-hydrogen) atoms. The van der Waals surface area contributed by atoms with E-state index in [9.17, 15) is 0 Å². The monoisotopic (exact) mass is 1380 g/mol. The normalized spacial score (nSPS) is 12.4. The predicted molar refractivity (Wildman–Crippen MR) is 448 cm³/mol. The van der Waals surface area contributed by atoms with Gasteiger partial charge in [0.05, 0.1) is 0 Å². The maximum absolute atomic E-state index is 6.24. The third kappa shape index (κ3) is 10.6. The third-order valence-corrected chi connectivity index (χ3v) is 22.1. The topological polar surface area (TPSA) is 90.5 Å². The number of furan rings is 1. The fourth-order valence-corrected chi connectivity index (χ4v) is 16.7. The number of benzene rings is 18. The van der Waals surface area contributed by atoms with E-state index in [1.165, 1.54) is 86.9 Å². The molecule has 0 aliphatic heterocycles. The Labute approximate surface area is 622 Å². The van der Waals surface area contributed by atoms with Gasteiger partial charge < -0.3 is 4.42 Å². The molecule has 504 valence electrons. The van der Waals surface area contributed by atoms with Crippen molar-refractivity contribution in [1.29, 1.82) is 0 Å². The molecule has 0 saturated carbocycles. The molecule has 7 nitrogen and oxygen atoms in total. The molecular weight excluding hydrogens is 1310 g/mol. The highest BCUT2D eigenvalue weighted by Gasteiger charge is 2.36. The predicted octanol–water partition coefficient (Wildman–Crippen LogP) is 26.5. The van der Waals surface area contributed by atoms with Crippen molar-refractivity contribution in [3.63, 3.8) is 0 Å². The lowest BCUT2D eigenvalue weighted by atomic mass is 9.81. The van der Waals surface area contributed by atoms with Crippen LogP contribution >= 0.6 is 0 Å². The molecule has 1 aliphatic carbocycles. The van der Waals surface area contributed by atoms with E-state index in [0.717, 1.165) is 99.1 Å². The highest BCUT2D eigenvalue weighted by Crippen LogP contribution is 2.51. The number of nitrogens with zero attached hydrogens (tertiary/aromatic N) is 6. The average molecular weight is 1380 g/mol. The molecule has 0 spiro atoms. The van der Waals surface area contributed by atoms with Crippen molar-refractivity contribution >= 4 is 108 Å². The molecule has 0 saturated heterocycles. The van der Waals surface area contributed by atoms with E-state index < -0.39 is 0 Å². The van der Waals surface area contributed by atoms with Gasteiger partial charge in [-0.15, -0.1) is 0 Å². The van der Waals surface area contributed by atoms with Crippen molar-refractivity contribution in [2.75, 3.05) is 0 Å². The largest absolute Gasteiger partial charge is 0.456 e. The van der Waals surface area contributed by atoms with Gasteiger partial charge in [-0.1, -0.05) is 299 Å². The van der Waals surface area contributed by atoms with E-state index in [1.807, 2.05) is 109 Å². The van der Waals surface area contributed by atoms with Crippen molar-refractivity contribution in [2.24, 2.45) is 0 Å². The van der Waals surface area contributed by atoms with Gasteiger partial charge >= 0.3 is 0 Å². The maximum Gasteiger partial charge on any atom is 0.164 e. The molecule has 21 aromatic rings. The van der Waals surface area contributed by atoms with E-state index in [-0.39, 0.29) is 5.41 Å². The summed E-state index contributed by atoms with van der Waals surface area (Å²) in [5.74, 6) is 3.90. The van der Waals surface area contributed by atoms with Gasteiger partial charge in [-0.2, -0.15) is 0 Å². The first-order chi connectivity index (χ1) is 53.2. The van der Waals surface area contributed by atoms with Crippen LogP contribution in [-0.4, -0.2) is 29.9 Å². The molecule has 1 aliphatic rings. The summed E-state index contributed by atoms with van der Waals surface area (Å²) in [6.45, 7) is 4.72. The first kappa shape index (κ1) is 62.4. The van der Waals surface area contributed by atoms with E-state index in [2.05, 4.69) is 257 Å². The van der Waals surface area contributed by atoms with Gasteiger partial charge in [0, 0.05) is 49.6 Å². The van der Waals surface area contributed by atoms with Crippen molar-refractivity contribution in [2.45, 2.75) is 19.3 Å². The zero-order chi connectivity index (χ0) is 71.6. The summed E-state index contributed by atoms with van der Waals surface area (Å²) in [7, 11) is 0. The van der Waals surface area contributed by atoms with Crippen LogP contribution in [0.1, 0.15) is 25.0 Å². The smallest absolute Gasteiger partial charge is 0.164 e. The van der Waals surface area contributed by atoms with Crippen LogP contribution in [0.15, 0.2) is 356 Å². The Morgan fingerprint density at radius 1 is 0.194 bits per heavy atom. The van der Waals surface area contributed by atoms with Gasteiger partial charge in [0.2, 0.25) is 0 Å². The molecule has 7 heteroatoms. The average Bonchev–Trinajstić information content (AvgIpc) is 1.50. The summed E-state index contributed by atoms with van der Waals surface area (Å²) in [6, 6.07) is 125. The molecule has 0 amide bonds. The first-order valence-corrected chi connectivity index (χ1v) is 36.8. The fourth-order valence-electron chi connectivity index (χ4n) is 16.7. The Bertz CT molecular complexity index is 7140. The highest BCUT2D eigenvalue weighted by atomic mass is 16.3. The van der Waals surface area contributed by atoms with Crippen LogP contribution in [0.25, 0.3) is 210 Å². The summed E-state index contributed by atoms with van der Waals surface area (Å²) in [5.41, 5.74) is 17.5. The number of fused-ring (bicyclic) bond motifs is 18. The first-order valence-electron chi connectivity index (χ1n) is 36.8. The molecule has 22 rings (SSSR count). The Morgan fingerprint density at radius 3 is 1.06 bits per heavy atom. The molecule has 0 unspecified atom stereocenters. The summed E-state index contributed by atoms with van der Waals surface area (Å²) < 4.78 is 6.24. The van der Waals surface area contributed by atoms with Crippen molar-refractivity contribution < 1.29 is 4.42 Å². The highest BCUT2D eigenvalue weighted by molar-refractivity contribution is 6.25. The minimum atomic E-state index is -0.0594. The van der Waals surface area contributed by atoms with Crippen molar-refractivity contribution in [3.05, 3.63) is 363 Å². The zero-order valence-corrected chi connectivity index (χ0v) is 59.1. The van der Waals surface area contributed by atoms with Crippen LogP contribution in [-0.2, 0) is 5.41 Å². The Kier molecular flexibility index (Phi) is 14.5. The van der Waals surface area contributed by atoms with Crippen LogP contribution in [0.3, 0.4) is 0 Å². The summed E-state index contributed by atoms with van der Waals surface area (Å²) >= 11 is 0. The molecule has 18 aromatic carbocycles. The Balaban J connectivity index is 0.000000138. The Morgan fingerprint density at radius 2 is 0.565 bits per heavy atom. The van der Waals surface area contributed by atoms with Gasteiger partial charge in [0.1, 0.15) is 11.2 Å². The molecule has 0 atom stereocenters. The van der Waals surface area contributed by atoms with E-state index in [4.69, 9.17) is 34.3 Å². The summed E-state index contributed by atoms with van der Waals surface area (Å²) in [5, 5.41) is 21.7. The quantitative estimate of drug-likeness (QED) is 0.140. The number of rotatable bonds is 8. The minimum absolute atomic E-state index is 0.0594. The van der Waals surface area contributed by atoms with Gasteiger partial charge in [-0.05, 0) is 197 Å². The minimum Gasteiger partial charge on any atom is -0.456 e. The van der Waals surface area contributed by atoms with Gasteiger partial charge in [0.15, 0.2) is 34.9 Å². The zero-order valence-electron chi connectivity index (χ0n) is 59.1. The van der Waals surface area contributed by atoms with E-state index in [1.54, 1.807) is 0 Å². The number of hydrogen-bond donors (Lipinski definition) is 0. The van der Waals surface area contributed by atoms with Crippen molar-refractivity contribution in [3.8, 4) is 102 Å². The van der Waals surface area contributed by atoms with E-state index in [0.29, 0.717) is 34.9 Å². The van der Waals surface area contributed by atoms with Gasteiger partial charge in [0.25, 0.3) is 0 Å². The molecule has 0 radical (unpaired) electrons. The molecule has 0 fully saturated rings. The molecule has 0 bridgehead atoms. The molecule has 0 N–H and O–H groups in total. The Hall–Kier alpha value is -14.1. The van der Waals surface area contributed by atoms with Crippen LogP contribution in [0, 0.1) is 0 Å². The van der Waals surface area contributed by atoms with E-state index >= 15 is 0 Å². The fraction of sp³-hybridized carbons (Fsp3) is 0.0297. The van der Waals surface area contributed by atoms with Crippen LogP contribution in [0.4, 0.5) is 0 Å². The summed E-state index contributed by atoms with van der Waals surface area (Å²) in [4.78, 5) is 30.4. The van der Waals surface area contributed by atoms with Crippen LogP contribution in [0.5, 0.6) is 0 Å². The second kappa shape index (κ2) is 25.1. The number of aromatic nitrogens is 6. The standard InChI is InChI=1S/C52H35N3.C49H29N3O/c1-52(2)46-20-12-11-19-42(46)44-29-38-24-22-32-21-23-37-27-35(25-26-41(37)48(32)43(38)31-47(44)52)39-28-36-17-9-10-18-40(36)45(30-39)51-54-49(33-13-5-3-6-14-33)53-50(55-51)34-15-7-4-8-16-34;1-3-11-31(12-4-1)47-50-48(32-13-5-2-6-14-32)52-49(51-47)43-27-37(26-34-15-7-8-16-38(34)43)33-23-24-39-35(25-33)21-19-30-20-22-36-28-45-42(29-41(36)46(30)39)40-17-9-10-18-44(40)53-45/h3-31H,1-2H3;1-29H. The van der Waals surface area contributed by atoms with Crippen LogP contribution in [0.2, 0.25) is 0 Å². The lowest BCUT2D eigenvalue weighted by Gasteiger charge is -2.22. The SMILES string of the molecule is CC1(C)c2ccccc2-c2cc3ccc4ccc5cc(-c6cc(-c7nc(-c8ccccc8)nc(-c8ccccc8)n7)c7ccccc7c6)ccc5c4c3cc21.c1ccc(-c2nc(-c3ccccc3)nc(-c3cc(-c4ccc5c(ccc6ccc7cc8oc9ccccc9c8cc7c65)c4)cc4ccccc34)n2)cc1. The molecule has 3 aromatic heterocycles. The molecule has 3 heterocycles. The second-order valence-electron chi connectivity index (χ2n) is 28.9. The summed E-state index contributed by atoms with van der Waals surface area (Å²) in [6.07, 6.45) is 0. The van der Waals surface area contributed by atoms with Gasteiger partial charge in [-0.25, -0.2) is 29.9 Å². The maximum atomic E-state index is 6.24. The lowest BCUT2D eigenvalue weighted by Crippen LogP contribution is -2.14. The lowest BCUT2D eigenvalue weighted by molar-refractivity contribution is 0.661. The number of hydrogen-bond acceptors (Lipinski definition) is 7. The number of para-hydroxylation sites is 1. The van der Waals surface area contributed by atoms with Gasteiger partial charge in [-0.3, -0.25) is 0 Å². The molecular formula is C101H64N6O. The third-order valence-electron chi connectivity index (χ3n) is 22.1.